The quantitative estimate of drug-likeness (QED) is 0.716. The Balaban J connectivity index is 2.60. The van der Waals surface area contributed by atoms with Crippen LogP contribution in [0.3, 0.4) is 0 Å². The number of nitrogens with one attached hydrogen (secondary N) is 1. The van der Waals surface area contributed by atoms with Crippen molar-refractivity contribution in [2.45, 2.75) is 39.2 Å². The molecule has 1 unspecified atom stereocenters. The van der Waals surface area contributed by atoms with E-state index in [1.54, 1.807) is 4.90 Å². The van der Waals surface area contributed by atoms with Crippen LogP contribution in [0.15, 0.2) is 0 Å². The van der Waals surface area contributed by atoms with Crippen LogP contribution in [-0.4, -0.2) is 35.8 Å². The second-order valence-electron chi connectivity index (χ2n) is 3.67. The van der Waals surface area contributed by atoms with Crippen molar-refractivity contribution in [3.63, 3.8) is 0 Å². The van der Waals surface area contributed by atoms with Crippen LogP contribution in [0.2, 0.25) is 0 Å². The summed E-state index contributed by atoms with van der Waals surface area (Å²) >= 11 is 0. The first-order valence-corrected chi connectivity index (χ1v) is 5.27. The maximum absolute atomic E-state index is 11.8. The van der Waals surface area contributed by atoms with Gasteiger partial charge in [-0.2, -0.15) is 0 Å². The zero-order valence-corrected chi connectivity index (χ0v) is 8.88. The molecule has 4 nitrogen and oxygen atoms in total. The standard InChI is InChI=1S/C10H18N2O2/c1-3-5-8-10(14)12(6-4-2)7-9(13)11-8/h8H,3-7H2,1-2H3,(H,11,13). The predicted octanol–water partition coefficient (Wildman–Crippen LogP) is 0.523. The Labute approximate surface area is 84.7 Å². The van der Waals surface area contributed by atoms with E-state index < -0.39 is 0 Å². The summed E-state index contributed by atoms with van der Waals surface area (Å²) in [5.41, 5.74) is 0. The number of amides is 2. The van der Waals surface area contributed by atoms with E-state index in [9.17, 15) is 9.59 Å². The number of carbonyl (C=O) groups is 2. The first kappa shape index (κ1) is 11.0. The van der Waals surface area contributed by atoms with Gasteiger partial charge in [-0.05, 0) is 12.8 Å². The minimum absolute atomic E-state index is 0.0310. The van der Waals surface area contributed by atoms with Gasteiger partial charge < -0.3 is 10.2 Å². The van der Waals surface area contributed by atoms with Crippen LogP contribution in [0.25, 0.3) is 0 Å². The Kier molecular flexibility index (Phi) is 3.92. The number of rotatable bonds is 4. The van der Waals surface area contributed by atoms with Crippen LogP contribution in [0.5, 0.6) is 0 Å². The molecule has 0 aromatic heterocycles. The summed E-state index contributed by atoms with van der Waals surface area (Å²) in [7, 11) is 0. The van der Waals surface area contributed by atoms with Gasteiger partial charge in [0.1, 0.15) is 6.04 Å². The molecule has 0 bridgehead atoms. The minimum Gasteiger partial charge on any atom is -0.343 e. The molecule has 1 aliphatic heterocycles. The van der Waals surface area contributed by atoms with Crippen molar-refractivity contribution in [3.8, 4) is 0 Å². The van der Waals surface area contributed by atoms with Crippen LogP contribution >= 0.6 is 0 Å². The van der Waals surface area contributed by atoms with Gasteiger partial charge in [0.15, 0.2) is 0 Å². The van der Waals surface area contributed by atoms with E-state index >= 15 is 0 Å². The topological polar surface area (TPSA) is 49.4 Å². The fraction of sp³-hybridized carbons (Fsp3) is 0.800. The van der Waals surface area contributed by atoms with Crippen molar-refractivity contribution in [2.75, 3.05) is 13.1 Å². The van der Waals surface area contributed by atoms with Crippen LogP contribution in [0, 0.1) is 0 Å². The summed E-state index contributed by atoms with van der Waals surface area (Å²) in [6.07, 6.45) is 2.55. The molecule has 0 radical (unpaired) electrons. The Hall–Kier alpha value is -1.06. The van der Waals surface area contributed by atoms with E-state index in [1.165, 1.54) is 0 Å². The van der Waals surface area contributed by atoms with Crippen molar-refractivity contribution in [2.24, 2.45) is 0 Å². The largest absolute Gasteiger partial charge is 0.343 e. The Morgan fingerprint density at radius 3 is 2.64 bits per heavy atom. The molecule has 1 rings (SSSR count). The van der Waals surface area contributed by atoms with Gasteiger partial charge in [-0.25, -0.2) is 0 Å². The lowest BCUT2D eigenvalue weighted by atomic mass is 10.1. The summed E-state index contributed by atoms with van der Waals surface area (Å²) in [5.74, 6) is 0.0461. The van der Waals surface area contributed by atoms with E-state index in [2.05, 4.69) is 5.32 Å². The van der Waals surface area contributed by atoms with E-state index in [1.807, 2.05) is 13.8 Å². The smallest absolute Gasteiger partial charge is 0.245 e. The van der Waals surface area contributed by atoms with E-state index in [0.717, 1.165) is 19.3 Å². The zero-order chi connectivity index (χ0) is 10.6. The molecular weight excluding hydrogens is 180 g/mol. The Morgan fingerprint density at radius 1 is 1.36 bits per heavy atom. The summed E-state index contributed by atoms with van der Waals surface area (Å²) in [4.78, 5) is 24.7. The van der Waals surface area contributed by atoms with Gasteiger partial charge in [0.25, 0.3) is 0 Å². The molecule has 0 spiro atoms. The Bertz CT molecular complexity index is 208. The fourth-order valence-electron chi connectivity index (χ4n) is 1.72. The predicted molar refractivity (Wildman–Crippen MR) is 53.7 cm³/mol. The number of hydrogen-bond acceptors (Lipinski definition) is 2. The van der Waals surface area contributed by atoms with E-state index in [0.29, 0.717) is 6.54 Å². The third kappa shape index (κ3) is 2.47. The molecule has 1 aliphatic rings. The zero-order valence-electron chi connectivity index (χ0n) is 8.88. The summed E-state index contributed by atoms with van der Waals surface area (Å²) in [5, 5.41) is 2.73. The lowest BCUT2D eigenvalue weighted by molar-refractivity contribution is -0.144. The number of piperazine rings is 1. The van der Waals surface area contributed by atoms with Crippen molar-refractivity contribution in [3.05, 3.63) is 0 Å². The lowest BCUT2D eigenvalue weighted by Crippen LogP contribution is -2.57. The highest BCUT2D eigenvalue weighted by molar-refractivity contribution is 5.94. The van der Waals surface area contributed by atoms with E-state index in [-0.39, 0.29) is 24.4 Å². The average Bonchev–Trinajstić information content (AvgIpc) is 2.14. The molecule has 4 heteroatoms. The first-order valence-electron chi connectivity index (χ1n) is 5.27. The monoisotopic (exact) mass is 198 g/mol. The van der Waals surface area contributed by atoms with Crippen LogP contribution in [0.1, 0.15) is 33.1 Å². The van der Waals surface area contributed by atoms with Crippen molar-refractivity contribution >= 4 is 11.8 Å². The van der Waals surface area contributed by atoms with Gasteiger partial charge in [0.05, 0.1) is 6.54 Å². The minimum atomic E-state index is -0.284. The van der Waals surface area contributed by atoms with E-state index in [4.69, 9.17) is 0 Å². The third-order valence-electron chi connectivity index (χ3n) is 2.35. The van der Waals surface area contributed by atoms with Crippen molar-refractivity contribution < 1.29 is 9.59 Å². The highest BCUT2D eigenvalue weighted by atomic mass is 16.2. The van der Waals surface area contributed by atoms with Gasteiger partial charge in [0, 0.05) is 6.54 Å². The fourth-order valence-corrected chi connectivity index (χ4v) is 1.72. The van der Waals surface area contributed by atoms with Crippen LogP contribution in [-0.2, 0) is 9.59 Å². The van der Waals surface area contributed by atoms with Gasteiger partial charge in [-0.1, -0.05) is 20.3 Å². The Morgan fingerprint density at radius 2 is 2.07 bits per heavy atom. The second kappa shape index (κ2) is 4.98. The first-order chi connectivity index (χ1) is 6.69. The van der Waals surface area contributed by atoms with Crippen molar-refractivity contribution in [1.82, 2.24) is 10.2 Å². The molecule has 2 amide bonds. The summed E-state index contributed by atoms with van der Waals surface area (Å²) in [6.45, 7) is 4.94. The third-order valence-corrected chi connectivity index (χ3v) is 2.35. The lowest BCUT2D eigenvalue weighted by Gasteiger charge is -2.32. The van der Waals surface area contributed by atoms with Gasteiger partial charge >= 0.3 is 0 Å². The highest BCUT2D eigenvalue weighted by Crippen LogP contribution is 2.07. The molecule has 80 valence electrons. The molecule has 1 heterocycles. The van der Waals surface area contributed by atoms with Gasteiger partial charge in [0.2, 0.25) is 11.8 Å². The number of hydrogen-bond donors (Lipinski definition) is 1. The second-order valence-corrected chi connectivity index (χ2v) is 3.67. The summed E-state index contributed by atoms with van der Waals surface area (Å²) in [6, 6.07) is -0.284. The normalized spacial score (nSPS) is 22.4. The molecule has 0 aliphatic carbocycles. The van der Waals surface area contributed by atoms with Crippen LogP contribution in [0.4, 0.5) is 0 Å². The van der Waals surface area contributed by atoms with Crippen LogP contribution < -0.4 is 5.32 Å². The maximum Gasteiger partial charge on any atom is 0.245 e. The number of nitrogens with zero attached hydrogens (tertiary/aromatic N) is 1. The molecule has 14 heavy (non-hydrogen) atoms. The molecule has 1 N–H and O–H groups in total. The summed E-state index contributed by atoms with van der Waals surface area (Å²) < 4.78 is 0. The molecule has 0 saturated carbocycles. The molecular formula is C10H18N2O2. The highest BCUT2D eigenvalue weighted by Gasteiger charge is 2.30. The van der Waals surface area contributed by atoms with Gasteiger partial charge in [-0.15, -0.1) is 0 Å². The average molecular weight is 198 g/mol. The number of carbonyl (C=O) groups excluding carboxylic acids is 2. The molecule has 1 fully saturated rings. The maximum atomic E-state index is 11.8. The molecule has 0 aromatic carbocycles. The molecule has 1 atom stereocenters. The van der Waals surface area contributed by atoms with Crippen molar-refractivity contribution in [1.29, 1.82) is 0 Å². The molecule has 1 saturated heterocycles. The SMILES string of the molecule is CCCC1NC(=O)CN(CCC)C1=O. The molecule has 0 aromatic rings. The van der Waals surface area contributed by atoms with Gasteiger partial charge in [-0.3, -0.25) is 9.59 Å².